The highest BCUT2D eigenvalue weighted by atomic mass is 32.2. The van der Waals surface area contributed by atoms with Crippen molar-refractivity contribution in [3.05, 3.63) is 59.2 Å². The lowest BCUT2D eigenvalue weighted by Crippen LogP contribution is -2.15. The van der Waals surface area contributed by atoms with E-state index in [-0.39, 0.29) is 11.7 Å². The molecule has 0 saturated heterocycles. The van der Waals surface area contributed by atoms with E-state index in [4.69, 9.17) is 4.74 Å². The Kier molecular flexibility index (Phi) is 6.17. The van der Waals surface area contributed by atoms with Gasteiger partial charge in [-0.15, -0.1) is 0 Å². The number of rotatable bonds is 6. The Balaban J connectivity index is 1.75. The summed E-state index contributed by atoms with van der Waals surface area (Å²) in [7, 11) is 0. The van der Waals surface area contributed by atoms with Gasteiger partial charge in [-0.25, -0.2) is 4.98 Å². The van der Waals surface area contributed by atoms with Crippen LogP contribution in [-0.2, 0) is 4.79 Å². The number of benzene rings is 2. The summed E-state index contributed by atoms with van der Waals surface area (Å²) in [5.41, 5.74) is 4.18. The maximum absolute atomic E-state index is 12.3. The molecular formula is C22H21N3O2S. The quantitative estimate of drug-likeness (QED) is 0.608. The predicted molar refractivity (Wildman–Crippen MR) is 113 cm³/mol. The van der Waals surface area contributed by atoms with E-state index in [0.29, 0.717) is 17.2 Å². The predicted octanol–water partition coefficient (Wildman–Crippen LogP) is 4.85. The third-order valence-corrected chi connectivity index (χ3v) is 5.17. The van der Waals surface area contributed by atoms with E-state index in [9.17, 15) is 10.1 Å². The Bertz CT molecular complexity index is 1070. The molecule has 2 aromatic carbocycles. The highest BCUT2D eigenvalue weighted by molar-refractivity contribution is 8.00. The third-order valence-electron chi connectivity index (χ3n) is 4.18. The van der Waals surface area contributed by atoms with E-state index in [2.05, 4.69) is 16.4 Å². The van der Waals surface area contributed by atoms with Gasteiger partial charge in [-0.2, -0.15) is 5.26 Å². The molecule has 3 rings (SSSR count). The number of hydrogen-bond acceptors (Lipinski definition) is 5. The number of nitrogens with one attached hydrogen (secondary N) is 1. The van der Waals surface area contributed by atoms with Crippen LogP contribution >= 0.6 is 11.8 Å². The molecule has 0 aliphatic rings. The summed E-state index contributed by atoms with van der Waals surface area (Å²) >= 11 is 1.26. The maximum Gasteiger partial charge on any atom is 0.234 e. The van der Waals surface area contributed by atoms with Crippen LogP contribution in [0.4, 0.5) is 5.69 Å². The number of pyridine rings is 1. The summed E-state index contributed by atoms with van der Waals surface area (Å²) in [4.78, 5) is 16.9. The minimum Gasteiger partial charge on any atom is -0.494 e. The lowest BCUT2D eigenvalue weighted by molar-refractivity contribution is -0.113. The summed E-state index contributed by atoms with van der Waals surface area (Å²) in [6.45, 7) is 6.48. The number of nitriles is 1. The number of fused-ring (bicyclic) bond motifs is 1. The smallest absolute Gasteiger partial charge is 0.234 e. The van der Waals surface area contributed by atoms with E-state index in [0.717, 1.165) is 33.5 Å². The van der Waals surface area contributed by atoms with E-state index < -0.39 is 0 Å². The van der Waals surface area contributed by atoms with Gasteiger partial charge in [-0.1, -0.05) is 29.5 Å². The van der Waals surface area contributed by atoms with Crippen LogP contribution < -0.4 is 10.1 Å². The minimum absolute atomic E-state index is 0.130. The molecule has 0 saturated carbocycles. The van der Waals surface area contributed by atoms with Gasteiger partial charge >= 0.3 is 0 Å². The number of ether oxygens (including phenoxy) is 1. The molecule has 0 bridgehead atoms. The summed E-state index contributed by atoms with van der Waals surface area (Å²) in [6.07, 6.45) is 0. The van der Waals surface area contributed by atoms with Gasteiger partial charge in [0.1, 0.15) is 16.8 Å². The van der Waals surface area contributed by atoms with Crippen molar-refractivity contribution in [1.82, 2.24) is 4.98 Å². The van der Waals surface area contributed by atoms with Crippen LogP contribution in [0.5, 0.6) is 5.75 Å². The third kappa shape index (κ3) is 4.62. The normalized spacial score (nSPS) is 10.5. The van der Waals surface area contributed by atoms with Crippen LogP contribution in [0.2, 0.25) is 0 Å². The highest BCUT2D eigenvalue weighted by Crippen LogP contribution is 2.27. The Morgan fingerprint density at radius 2 is 2.04 bits per heavy atom. The zero-order valence-corrected chi connectivity index (χ0v) is 16.9. The van der Waals surface area contributed by atoms with Gasteiger partial charge < -0.3 is 10.1 Å². The average molecular weight is 391 g/mol. The Morgan fingerprint density at radius 1 is 1.21 bits per heavy atom. The van der Waals surface area contributed by atoms with Crippen LogP contribution in [0, 0.1) is 25.2 Å². The van der Waals surface area contributed by atoms with E-state index in [1.165, 1.54) is 11.8 Å². The SMILES string of the molecule is CCOc1ccc2nc(SCC(=O)Nc3ccc(C)cc3C)c(C#N)cc2c1. The molecule has 1 aromatic heterocycles. The first kappa shape index (κ1) is 19.7. The molecule has 0 unspecified atom stereocenters. The molecule has 0 aliphatic heterocycles. The van der Waals surface area contributed by atoms with Crippen molar-refractivity contribution in [2.24, 2.45) is 0 Å². The Morgan fingerprint density at radius 3 is 2.75 bits per heavy atom. The second kappa shape index (κ2) is 8.77. The lowest BCUT2D eigenvalue weighted by atomic mass is 10.1. The van der Waals surface area contributed by atoms with Crippen molar-refractivity contribution < 1.29 is 9.53 Å². The molecule has 0 fully saturated rings. The van der Waals surface area contributed by atoms with Crippen molar-refractivity contribution in [2.75, 3.05) is 17.7 Å². The van der Waals surface area contributed by atoms with Crippen molar-refractivity contribution in [3.8, 4) is 11.8 Å². The Labute approximate surface area is 168 Å². The monoisotopic (exact) mass is 391 g/mol. The first-order valence-corrected chi connectivity index (χ1v) is 9.96. The van der Waals surface area contributed by atoms with E-state index in [1.54, 1.807) is 6.07 Å². The summed E-state index contributed by atoms with van der Waals surface area (Å²) in [5.74, 6) is 0.792. The molecule has 3 aromatic rings. The summed E-state index contributed by atoms with van der Waals surface area (Å²) < 4.78 is 5.50. The molecule has 0 aliphatic carbocycles. The van der Waals surface area contributed by atoms with Crippen molar-refractivity contribution >= 4 is 34.3 Å². The molecular weight excluding hydrogens is 370 g/mol. The fraction of sp³-hybridized carbons (Fsp3) is 0.227. The number of aromatic nitrogens is 1. The molecule has 0 spiro atoms. The number of aryl methyl sites for hydroxylation is 2. The van der Waals surface area contributed by atoms with Crippen LogP contribution in [0.3, 0.4) is 0 Å². The standard InChI is InChI=1S/C22H21N3O2S/c1-4-27-18-6-8-20-16(11-18)10-17(12-23)22(25-20)28-13-21(26)24-19-7-5-14(2)9-15(19)3/h5-11H,4,13H2,1-3H3,(H,24,26). The van der Waals surface area contributed by atoms with Crippen molar-refractivity contribution in [3.63, 3.8) is 0 Å². The zero-order valence-electron chi connectivity index (χ0n) is 16.1. The molecule has 142 valence electrons. The number of amides is 1. The molecule has 1 heterocycles. The molecule has 28 heavy (non-hydrogen) atoms. The van der Waals surface area contributed by atoms with Gasteiger partial charge in [-0.3, -0.25) is 4.79 Å². The second-order valence-corrected chi connectivity index (χ2v) is 7.36. The first-order valence-electron chi connectivity index (χ1n) is 8.97. The number of thioether (sulfide) groups is 1. The van der Waals surface area contributed by atoms with Gasteiger partial charge in [-0.05, 0) is 56.7 Å². The highest BCUT2D eigenvalue weighted by Gasteiger charge is 2.12. The maximum atomic E-state index is 12.3. The summed E-state index contributed by atoms with van der Waals surface area (Å²) in [5, 5.41) is 13.8. The summed E-state index contributed by atoms with van der Waals surface area (Å²) in [6, 6.07) is 15.4. The molecule has 0 atom stereocenters. The van der Waals surface area contributed by atoms with Crippen LogP contribution in [0.25, 0.3) is 10.9 Å². The fourth-order valence-corrected chi connectivity index (χ4v) is 3.62. The van der Waals surface area contributed by atoms with Gasteiger partial charge in [0.25, 0.3) is 0 Å². The largest absolute Gasteiger partial charge is 0.494 e. The van der Waals surface area contributed by atoms with Crippen LogP contribution in [0.1, 0.15) is 23.6 Å². The average Bonchev–Trinajstić information content (AvgIpc) is 2.68. The molecule has 5 nitrogen and oxygen atoms in total. The zero-order chi connectivity index (χ0) is 20.1. The van der Waals surface area contributed by atoms with Crippen molar-refractivity contribution in [1.29, 1.82) is 5.26 Å². The number of carbonyl (C=O) groups excluding carboxylic acids is 1. The molecule has 6 heteroatoms. The number of anilines is 1. The van der Waals surface area contributed by atoms with Gasteiger partial charge in [0.15, 0.2) is 0 Å². The van der Waals surface area contributed by atoms with Crippen molar-refractivity contribution in [2.45, 2.75) is 25.8 Å². The molecule has 1 amide bonds. The fourth-order valence-electron chi connectivity index (χ4n) is 2.86. The lowest BCUT2D eigenvalue weighted by Gasteiger charge is -2.10. The van der Waals surface area contributed by atoms with Gasteiger partial charge in [0, 0.05) is 11.1 Å². The molecule has 1 N–H and O–H groups in total. The minimum atomic E-state index is -0.130. The van der Waals surface area contributed by atoms with E-state index in [1.807, 2.05) is 57.2 Å². The van der Waals surface area contributed by atoms with E-state index >= 15 is 0 Å². The number of nitrogens with zero attached hydrogens (tertiary/aromatic N) is 2. The van der Waals surface area contributed by atoms with Crippen LogP contribution in [0.15, 0.2) is 47.5 Å². The van der Waals surface area contributed by atoms with Crippen LogP contribution in [-0.4, -0.2) is 23.3 Å². The topological polar surface area (TPSA) is 75.0 Å². The first-order chi connectivity index (χ1) is 13.5. The second-order valence-electron chi connectivity index (χ2n) is 6.40. The number of carbonyl (C=O) groups is 1. The Hall–Kier alpha value is -3.04. The number of hydrogen-bond donors (Lipinski definition) is 1. The molecule has 0 radical (unpaired) electrons. The van der Waals surface area contributed by atoms with Gasteiger partial charge in [0.05, 0.1) is 23.4 Å². The van der Waals surface area contributed by atoms with Gasteiger partial charge in [0.2, 0.25) is 5.91 Å².